The molecule has 0 aliphatic carbocycles. The molecule has 8 aromatic carbocycles. The molecule has 3 heterocycles. The molecule has 0 saturated heterocycles. The molecular formula is C55H38N4. The fraction of sp³-hybridized carbons (Fsp3) is 0.0364. The second kappa shape index (κ2) is 14.0. The maximum atomic E-state index is 5.55. The van der Waals surface area contributed by atoms with Gasteiger partial charge in [0.2, 0.25) is 0 Å². The van der Waals surface area contributed by atoms with Crippen LogP contribution in [0.4, 0.5) is 0 Å². The summed E-state index contributed by atoms with van der Waals surface area (Å²) in [6.45, 7) is 4.21. The van der Waals surface area contributed by atoms with Gasteiger partial charge in [0.05, 0.1) is 33.6 Å². The molecule has 0 atom stereocenters. The lowest BCUT2D eigenvalue weighted by Gasteiger charge is -2.15. The van der Waals surface area contributed by atoms with Crippen LogP contribution in [-0.4, -0.2) is 19.5 Å². The van der Waals surface area contributed by atoms with Crippen molar-refractivity contribution >= 4 is 43.5 Å². The molecule has 0 spiro atoms. The second-order valence-electron chi connectivity index (χ2n) is 15.4. The van der Waals surface area contributed by atoms with Crippen molar-refractivity contribution in [3.05, 3.63) is 205 Å². The zero-order valence-corrected chi connectivity index (χ0v) is 32.8. The van der Waals surface area contributed by atoms with E-state index in [1.807, 2.05) is 0 Å². The summed E-state index contributed by atoms with van der Waals surface area (Å²) in [6, 6.07) is 69.1. The molecule has 0 aliphatic heterocycles. The van der Waals surface area contributed by atoms with Crippen molar-refractivity contribution in [3.8, 4) is 62.0 Å². The summed E-state index contributed by atoms with van der Waals surface area (Å²) in [5, 5.41) is 5.85. The highest BCUT2D eigenvalue weighted by Gasteiger charge is 2.19. The molecule has 4 heteroatoms. The Morgan fingerprint density at radius 3 is 1.61 bits per heavy atom. The van der Waals surface area contributed by atoms with E-state index in [0.29, 0.717) is 5.82 Å². The first-order valence-electron chi connectivity index (χ1n) is 20.1. The van der Waals surface area contributed by atoms with E-state index < -0.39 is 0 Å². The number of aryl methyl sites for hydroxylation is 2. The van der Waals surface area contributed by atoms with Crippen LogP contribution in [0.25, 0.3) is 105 Å². The number of para-hydroxylation sites is 3. The molecule has 0 aliphatic rings. The molecule has 11 rings (SSSR count). The number of rotatable bonds is 6. The number of hydrogen-bond acceptors (Lipinski definition) is 3. The van der Waals surface area contributed by atoms with Gasteiger partial charge < -0.3 is 4.57 Å². The highest BCUT2D eigenvalue weighted by atomic mass is 15.0. The monoisotopic (exact) mass is 754 g/mol. The molecule has 0 saturated carbocycles. The van der Waals surface area contributed by atoms with Gasteiger partial charge in [0.1, 0.15) is 0 Å². The fourth-order valence-corrected chi connectivity index (χ4v) is 8.51. The first kappa shape index (κ1) is 34.5. The largest absolute Gasteiger partial charge is 0.309 e. The van der Waals surface area contributed by atoms with Crippen molar-refractivity contribution in [2.75, 3.05) is 0 Å². The number of hydrogen-bond donors (Lipinski definition) is 0. The van der Waals surface area contributed by atoms with Gasteiger partial charge in [-0.3, -0.25) is 0 Å². The number of pyridine rings is 1. The third-order valence-electron chi connectivity index (χ3n) is 11.6. The topological polar surface area (TPSA) is 43.6 Å². The second-order valence-corrected chi connectivity index (χ2v) is 15.4. The SMILES string of the molecule is Cc1ccc(-c2cc(-c3ccc(C)cc3)nc(-c3ccc(-c4cccc5c4nc(-c4ccccc4)c4cc6c7ccccc7n(-c7ccccc7)c6cc45)cc3)n2)cc1. The molecule has 0 fully saturated rings. The maximum Gasteiger partial charge on any atom is 0.160 e. The fourth-order valence-electron chi connectivity index (χ4n) is 8.51. The van der Waals surface area contributed by atoms with Gasteiger partial charge in [-0.2, -0.15) is 0 Å². The summed E-state index contributed by atoms with van der Waals surface area (Å²) in [4.78, 5) is 15.8. The van der Waals surface area contributed by atoms with Gasteiger partial charge >= 0.3 is 0 Å². The summed E-state index contributed by atoms with van der Waals surface area (Å²) in [6.07, 6.45) is 0. The zero-order valence-electron chi connectivity index (χ0n) is 32.8. The third kappa shape index (κ3) is 6.05. The molecule has 4 nitrogen and oxygen atoms in total. The minimum absolute atomic E-state index is 0.691. The lowest BCUT2D eigenvalue weighted by atomic mass is 9.94. The quantitative estimate of drug-likeness (QED) is 0.159. The lowest BCUT2D eigenvalue weighted by Crippen LogP contribution is -1.96. The van der Waals surface area contributed by atoms with Crippen molar-refractivity contribution in [3.63, 3.8) is 0 Å². The Morgan fingerprint density at radius 2 is 0.932 bits per heavy atom. The van der Waals surface area contributed by atoms with Crippen LogP contribution in [0.15, 0.2) is 194 Å². The summed E-state index contributed by atoms with van der Waals surface area (Å²) >= 11 is 0. The number of aromatic nitrogens is 4. The van der Waals surface area contributed by atoms with Gasteiger partial charge in [0.25, 0.3) is 0 Å². The molecule has 0 amide bonds. The van der Waals surface area contributed by atoms with E-state index in [-0.39, 0.29) is 0 Å². The summed E-state index contributed by atoms with van der Waals surface area (Å²) in [7, 11) is 0. The van der Waals surface area contributed by atoms with Gasteiger partial charge in [-0.05, 0) is 61.2 Å². The van der Waals surface area contributed by atoms with Crippen LogP contribution in [0.2, 0.25) is 0 Å². The molecule has 0 N–H and O–H groups in total. The molecule has 59 heavy (non-hydrogen) atoms. The minimum Gasteiger partial charge on any atom is -0.309 e. The van der Waals surface area contributed by atoms with E-state index in [9.17, 15) is 0 Å². The Balaban J connectivity index is 1.10. The van der Waals surface area contributed by atoms with Crippen LogP contribution < -0.4 is 0 Å². The van der Waals surface area contributed by atoms with Crippen LogP contribution in [0.5, 0.6) is 0 Å². The Bertz CT molecular complexity index is 3290. The van der Waals surface area contributed by atoms with Gasteiger partial charge in [-0.15, -0.1) is 0 Å². The Morgan fingerprint density at radius 1 is 0.356 bits per heavy atom. The van der Waals surface area contributed by atoms with Crippen LogP contribution in [-0.2, 0) is 0 Å². The number of benzene rings is 8. The van der Waals surface area contributed by atoms with Gasteiger partial charge in [0, 0.05) is 55.0 Å². The standard InChI is InChI=1S/C55H38N4/c1-35-20-24-38(25-21-35)49-34-50(39-26-22-36(2)23-27-39)57-55(56-49)41-30-28-37(29-31-41)43-17-11-18-45-46-33-52-47(32-48(46)53(58-54(43)45)40-12-5-3-6-13-40)44-16-9-10-19-51(44)59(52)42-14-7-4-8-15-42/h3-34H,1-2H3. The highest BCUT2D eigenvalue weighted by Crippen LogP contribution is 2.42. The van der Waals surface area contributed by atoms with Crippen LogP contribution in [0.1, 0.15) is 11.1 Å². The normalized spacial score (nSPS) is 11.6. The number of fused-ring (bicyclic) bond motifs is 6. The van der Waals surface area contributed by atoms with Crippen LogP contribution in [0.3, 0.4) is 0 Å². The van der Waals surface area contributed by atoms with Crippen molar-refractivity contribution in [1.82, 2.24) is 19.5 Å². The number of nitrogens with zero attached hydrogens (tertiary/aromatic N) is 4. The van der Waals surface area contributed by atoms with Crippen LogP contribution in [0, 0.1) is 13.8 Å². The Hall–Kier alpha value is -7.69. The Labute approximate surface area is 342 Å². The van der Waals surface area contributed by atoms with Gasteiger partial charge in [-0.25, -0.2) is 15.0 Å². The van der Waals surface area contributed by atoms with E-state index >= 15 is 0 Å². The molecule has 3 aromatic heterocycles. The smallest absolute Gasteiger partial charge is 0.160 e. The molecule has 278 valence electrons. The summed E-state index contributed by atoms with van der Waals surface area (Å²) < 4.78 is 2.39. The predicted octanol–water partition coefficient (Wildman–Crippen LogP) is 14.2. The van der Waals surface area contributed by atoms with E-state index in [2.05, 4.69) is 213 Å². The van der Waals surface area contributed by atoms with Crippen molar-refractivity contribution in [2.45, 2.75) is 13.8 Å². The molecule has 11 aromatic rings. The molecular weight excluding hydrogens is 717 g/mol. The molecule has 0 radical (unpaired) electrons. The molecule has 0 unspecified atom stereocenters. The molecule has 0 bridgehead atoms. The van der Waals surface area contributed by atoms with Gasteiger partial charge in [-0.1, -0.05) is 169 Å². The van der Waals surface area contributed by atoms with Crippen LogP contribution >= 0.6 is 0 Å². The average Bonchev–Trinajstić information content (AvgIpc) is 3.62. The Kier molecular flexibility index (Phi) is 8.23. The third-order valence-corrected chi connectivity index (χ3v) is 11.6. The maximum absolute atomic E-state index is 5.55. The van der Waals surface area contributed by atoms with E-state index in [1.165, 1.54) is 38.3 Å². The minimum atomic E-state index is 0.691. The van der Waals surface area contributed by atoms with Crippen molar-refractivity contribution in [1.29, 1.82) is 0 Å². The zero-order chi connectivity index (χ0) is 39.5. The van der Waals surface area contributed by atoms with Crippen molar-refractivity contribution < 1.29 is 0 Å². The average molecular weight is 755 g/mol. The summed E-state index contributed by atoms with van der Waals surface area (Å²) in [5.74, 6) is 0.691. The van der Waals surface area contributed by atoms with E-state index in [0.717, 1.165) is 72.4 Å². The van der Waals surface area contributed by atoms with E-state index in [4.69, 9.17) is 15.0 Å². The van der Waals surface area contributed by atoms with E-state index in [1.54, 1.807) is 0 Å². The lowest BCUT2D eigenvalue weighted by molar-refractivity contribution is 1.18. The summed E-state index contributed by atoms with van der Waals surface area (Å²) in [5.41, 5.74) is 16.0. The highest BCUT2D eigenvalue weighted by molar-refractivity contribution is 6.21. The predicted molar refractivity (Wildman–Crippen MR) is 246 cm³/mol. The van der Waals surface area contributed by atoms with Gasteiger partial charge in [0.15, 0.2) is 5.82 Å². The first-order valence-corrected chi connectivity index (χ1v) is 20.1. The van der Waals surface area contributed by atoms with Crippen molar-refractivity contribution in [2.24, 2.45) is 0 Å². The first-order chi connectivity index (χ1) is 29.1.